The first-order chi connectivity index (χ1) is 13.0. The van der Waals surface area contributed by atoms with E-state index >= 15 is 0 Å². The Balaban J connectivity index is 1.68. The number of nitrogens with zero attached hydrogens (tertiary/aromatic N) is 1. The van der Waals surface area contributed by atoms with Crippen molar-refractivity contribution in [1.82, 2.24) is 9.97 Å². The summed E-state index contributed by atoms with van der Waals surface area (Å²) in [6.45, 7) is 3.92. The van der Waals surface area contributed by atoms with E-state index in [0.717, 1.165) is 33.5 Å². The summed E-state index contributed by atoms with van der Waals surface area (Å²) in [5.74, 6) is -0.304. The van der Waals surface area contributed by atoms with Crippen molar-refractivity contribution in [2.24, 2.45) is 0 Å². The maximum atomic E-state index is 13.9. The van der Waals surface area contributed by atoms with E-state index in [1.807, 2.05) is 50.2 Å². The summed E-state index contributed by atoms with van der Waals surface area (Å²) in [5, 5.41) is 2.80. The number of rotatable bonds is 3. The number of carbonyl (C=O) groups excluding carboxylic acids is 1. The van der Waals surface area contributed by atoms with Gasteiger partial charge >= 0.3 is 0 Å². The highest BCUT2D eigenvalue weighted by molar-refractivity contribution is 6.05. The van der Waals surface area contributed by atoms with Crippen LogP contribution < -0.4 is 5.32 Å². The average Bonchev–Trinajstić information content (AvgIpc) is 3.07. The number of H-pyrrole nitrogens is 1. The zero-order chi connectivity index (χ0) is 19.0. The van der Waals surface area contributed by atoms with Gasteiger partial charge in [-0.3, -0.25) is 4.79 Å². The Morgan fingerprint density at radius 2 is 1.85 bits per heavy atom. The van der Waals surface area contributed by atoms with E-state index in [1.165, 1.54) is 12.1 Å². The monoisotopic (exact) mass is 359 g/mol. The lowest BCUT2D eigenvalue weighted by Crippen LogP contribution is -2.14. The number of carbonyl (C=O) groups is 1. The minimum absolute atomic E-state index is 0.0153. The predicted molar refractivity (Wildman–Crippen MR) is 105 cm³/mol. The van der Waals surface area contributed by atoms with Crippen molar-refractivity contribution >= 4 is 22.6 Å². The van der Waals surface area contributed by atoms with Gasteiger partial charge in [-0.05, 0) is 55.3 Å². The third-order valence-electron chi connectivity index (χ3n) is 4.52. The van der Waals surface area contributed by atoms with Crippen LogP contribution in [0.25, 0.3) is 22.4 Å². The van der Waals surface area contributed by atoms with Crippen molar-refractivity contribution in [3.63, 3.8) is 0 Å². The molecule has 0 radical (unpaired) electrons. The Labute approximate surface area is 156 Å². The van der Waals surface area contributed by atoms with Crippen molar-refractivity contribution in [3.8, 4) is 11.4 Å². The first-order valence-corrected chi connectivity index (χ1v) is 8.64. The van der Waals surface area contributed by atoms with Gasteiger partial charge in [-0.25, -0.2) is 9.37 Å². The molecular weight excluding hydrogens is 341 g/mol. The second kappa shape index (κ2) is 6.68. The van der Waals surface area contributed by atoms with Crippen molar-refractivity contribution < 1.29 is 9.18 Å². The molecule has 0 aliphatic carbocycles. The number of amides is 1. The van der Waals surface area contributed by atoms with Crippen LogP contribution in [0.15, 0.2) is 60.7 Å². The summed E-state index contributed by atoms with van der Waals surface area (Å²) < 4.78 is 13.9. The largest absolute Gasteiger partial charge is 0.338 e. The number of aromatic nitrogens is 2. The van der Waals surface area contributed by atoms with Crippen LogP contribution in [0.5, 0.6) is 0 Å². The van der Waals surface area contributed by atoms with Crippen LogP contribution in [-0.4, -0.2) is 15.9 Å². The van der Waals surface area contributed by atoms with Gasteiger partial charge in [-0.1, -0.05) is 30.3 Å². The fourth-order valence-corrected chi connectivity index (χ4v) is 3.00. The van der Waals surface area contributed by atoms with E-state index in [4.69, 9.17) is 0 Å². The van der Waals surface area contributed by atoms with Gasteiger partial charge in [0.1, 0.15) is 11.6 Å². The fraction of sp³-hybridized carbons (Fsp3) is 0.0909. The molecule has 134 valence electrons. The molecule has 2 N–H and O–H groups in total. The lowest BCUT2D eigenvalue weighted by Gasteiger charge is -2.10. The van der Waals surface area contributed by atoms with Crippen LogP contribution in [0.3, 0.4) is 0 Å². The predicted octanol–water partition coefficient (Wildman–Crippen LogP) is 5.24. The Morgan fingerprint density at radius 1 is 1.04 bits per heavy atom. The van der Waals surface area contributed by atoms with Gasteiger partial charge < -0.3 is 10.3 Å². The highest BCUT2D eigenvalue weighted by Crippen LogP contribution is 2.26. The summed E-state index contributed by atoms with van der Waals surface area (Å²) in [6, 6.07) is 17.7. The highest BCUT2D eigenvalue weighted by atomic mass is 19.1. The summed E-state index contributed by atoms with van der Waals surface area (Å²) in [4.78, 5) is 20.4. The third kappa shape index (κ3) is 3.31. The molecule has 0 bridgehead atoms. The molecule has 0 atom stereocenters. The van der Waals surface area contributed by atoms with Crippen molar-refractivity contribution in [2.45, 2.75) is 13.8 Å². The Hall–Kier alpha value is -3.47. The quantitative estimate of drug-likeness (QED) is 0.526. The van der Waals surface area contributed by atoms with Gasteiger partial charge in [0.15, 0.2) is 0 Å². The van der Waals surface area contributed by atoms with E-state index in [9.17, 15) is 9.18 Å². The minimum atomic E-state index is -0.545. The Morgan fingerprint density at radius 3 is 2.67 bits per heavy atom. The second-order valence-corrected chi connectivity index (χ2v) is 6.57. The number of hydrogen-bond acceptors (Lipinski definition) is 2. The van der Waals surface area contributed by atoms with E-state index in [1.54, 1.807) is 12.1 Å². The van der Waals surface area contributed by atoms with E-state index in [2.05, 4.69) is 15.3 Å². The zero-order valence-corrected chi connectivity index (χ0v) is 15.0. The number of imidazole rings is 1. The smallest absolute Gasteiger partial charge is 0.258 e. The van der Waals surface area contributed by atoms with Gasteiger partial charge in [0.25, 0.3) is 5.91 Å². The van der Waals surface area contributed by atoms with Crippen LogP contribution in [-0.2, 0) is 0 Å². The van der Waals surface area contributed by atoms with E-state index in [0.29, 0.717) is 5.69 Å². The number of benzene rings is 3. The summed E-state index contributed by atoms with van der Waals surface area (Å²) in [5.41, 5.74) is 5.36. The summed E-state index contributed by atoms with van der Waals surface area (Å²) >= 11 is 0. The lowest BCUT2D eigenvalue weighted by molar-refractivity contribution is 0.102. The molecule has 0 unspecified atom stereocenters. The molecule has 0 spiro atoms. The van der Waals surface area contributed by atoms with Crippen LogP contribution in [0.4, 0.5) is 10.1 Å². The topological polar surface area (TPSA) is 57.8 Å². The zero-order valence-electron chi connectivity index (χ0n) is 15.0. The maximum absolute atomic E-state index is 13.9. The van der Waals surface area contributed by atoms with Crippen molar-refractivity contribution in [2.75, 3.05) is 5.32 Å². The molecule has 1 heterocycles. The molecule has 0 saturated heterocycles. The molecule has 4 rings (SSSR count). The van der Waals surface area contributed by atoms with Crippen LogP contribution in [0.1, 0.15) is 21.5 Å². The lowest BCUT2D eigenvalue weighted by atomic mass is 10.1. The molecule has 0 fully saturated rings. The molecule has 0 aliphatic heterocycles. The summed E-state index contributed by atoms with van der Waals surface area (Å²) in [6.07, 6.45) is 0. The molecule has 3 aromatic carbocycles. The number of hydrogen-bond donors (Lipinski definition) is 2. The first kappa shape index (κ1) is 17.0. The van der Waals surface area contributed by atoms with Gasteiger partial charge in [-0.15, -0.1) is 0 Å². The SMILES string of the molecule is Cc1ccc2nc(-c3ccc(C)c(NC(=O)c4ccccc4F)c3)[nH]c2c1. The minimum Gasteiger partial charge on any atom is -0.338 e. The van der Waals surface area contributed by atoms with Crippen molar-refractivity contribution in [1.29, 1.82) is 0 Å². The average molecular weight is 359 g/mol. The van der Waals surface area contributed by atoms with Crippen molar-refractivity contribution in [3.05, 3.63) is 83.2 Å². The maximum Gasteiger partial charge on any atom is 0.258 e. The normalized spacial score (nSPS) is 10.9. The standard InChI is InChI=1S/C22H18FN3O/c1-13-7-10-18-20(11-13)25-21(24-18)15-9-8-14(2)19(12-15)26-22(27)16-5-3-4-6-17(16)23/h3-12H,1-2H3,(H,24,25)(H,26,27). The molecule has 0 aliphatic rings. The third-order valence-corrected chi connectivity index (χ3v) is 4.52. The van der Waals surface area contributed by atoms with Crippen LogP contribution >= 0.6 is 0 Å². The van der Waals surface area contributed by atoms with Crippen LogP contribution in [0, 0.1) is 19.7 Å². The number of halogens is 1. The Bertz CT molecular complexity index is 1160. The molecule has 0 saturated carbocycles. The van der Waals surface area contributed by atoms with Crippen LogP contribution in [0.2, 0.25) is 0 Å². The molecular formula is C22H18FN3O. The van der Waals surface area contributed by atoms with E-state index < -0.39 is 11.7 Å². The molecule has 4 aromatic rings. The van der Waals surface area contributed by atoms with Gasteiger partial charge in [-0.2, -0.15) is 0 Å². The Kier molecular flexibility index (Phi) is 4.20. The molecule has 1 amide bonds. The fourth-order valence-electron chi connectivity index (χ4n) is 3.00. The number of anilines is 1. The second-order valence-electron chi connectivity index (χ2n) is 6.57. The number of nitrogens with one attached hydrogen (secondary N) is 2. The first-order valence-electron chi connectivity index (χ1n) is 8.64. The highest BCUT2D eigenvalue weighted by Gasteiger charge is 2.13. The van der Waals surface area contributed by atoms with Gasteiger partial charge in [0, 0.05) is 11.3 Å². The molecule has 4 nitrogen and oxygen atoms in total. The van der Waals surface area contributed by atoms with Gasteiger partial charge in [0.05, 0.1) is 16.6 Å². The molecule has 1 aromatic heterocycles. The van der Waals surface area contributed by atoms with Gasteiger partial charge in [0.2, 0.25) is 0 Å². The number of aromatic amines is 1. The summed E-state index contributed by atoms with van der Waals surface area (Å²) in [7, 11) is 0. The number of fused-ring (bicyclic) bond motifs is 1. The molecule has 27 heavy (non-hydrogen) atoms. The number of aryl methyl sites for hydroxylation is 2. The van der Waals surface area contributed by atoms with E-state index in [-0.39, 0.29) is 5.56 Å². The molecule has 5 heteroatoms.